The van der Waals surface area contributed by atoms with Gasteiger partial charge >= 0.3 is 0 Å². The Balaban J connectivity index is 2.37. The van der Waals surface area contributed by atoms with Crippen molar-refractivity contribution in [1.29, 1.82) is 0 Å². The highest BCUT2D eigenvalue weighted by Gasteiger charge is 2.20. The number of ether oxygens (including phenoxy) is 1. The van der Waals surface area contributed by atoms with Gasteiger partial charge in [0, 0.05) is 32.3 Å². The molecule has 1 aliphatic heterocycles. The molecule has 1 heterocycles. The maximum absolute atomic E-state index is 5.17. The fraction of sp³-hybridized carbons (Fsp3) is 1.00. The summed E-state index contributed by atoms with van der Waals surface area (Å²) in [5.74, 6) is 0. The van der Waals surface area contributed by atoms with Gasteiger partial charge in [-0.3, -0.25) is 4.90 Å². The van der Waals surface area contributed by atoms with Crippen molar-refractivity contribution < 1.29 is 4.74 Å². The van der Waals surface area contributed by atoms with E-state index in [1.807, 2.05) is 0 Å². The first-order valence-corrected chi connectivity index (χ1v) is 6.74. The molecule has 2 unspecified atom stereocenters. The van der Waals surface area contributed by atoms with Crippen LogP contribution in [0.3, 0.4) is 0 Å². The van der Waals surface area contributed by atoms with Crippen LogP contribution in [0.1, 0.15) is 39.5 Å². The van der Waals surface area contributed by atoms with Gasteiger partial charge in [0.1, 0.15) is 0 Å². The van der Waals surface area contributed by atoms with Crippen molar-refractivity contribution >= 4 is 0 Å². The van der Waals surface area contributed by atoms with Crippen LogP contribution >= 0.6 is 0 Å². The van der Waals surface area contributed by atoms with E-state index in [0.29, 0.717) is 12.1 Å². The average Bonchev–Trinajstić information content (AvgIpc) is 2.52. The summed E-state index contributed by atoms with van der Waals surface area (Å²) in [4.78, 5) is 2.62. The fourth-order valence-electron chi connectivity index (χ4n) is 2.44. The highest BCUT2D eigenvalue weighted by Crippen LogP contribution is 2.11. The molecule has 0 aromatic carbocycles. The van der Waals surface area contributed by atoms with Gasteiger partial charge in [-0.2, -0.15) is 0 Å². The SMILES string of the molecule is CCCC1CN(C(C)CCOC)CCCN1. The van der Waals surface area contributed by atoms with E-state index in [-0.39, 0.29) is 0 Å². The normalized spacial score (nSPS) is 25.3. The quantitative estimate of drug-likeness (QED) is 0.751. The molecule has 1 saturated heterocycles. The van der Waals surface area contributed by atoms with Gasteiger partial charge in [0.25, 0.3) is 0 Å². The summed E-state index contributed by atoms with van der Waals surface area (Å²) in [7, 11) is 1.79. The molecule has 1 N–H and O–H groups in total. The van der Waals surface area contributed by atoms with Gasteiger partial charge in [0.15, 0.2) is 0 Å². The van der Waals surface area contributed by atoms with Gasteiger partial charge in [-0.15, -0.1) is 0 Å². The van der Waals surface area contributed by atoms with Gasteiger partial charge in [0.2, 0.25) is 0 Å². The van der Waals surface area contributed by atoms with Crippen molar-refractivity contribution in [2.24, 2.45) is 0 Å². The molecule has 0 aromatic rings. The molecule has 1 aliphatic rings. The zero-order chi connectivity index (χ0) is 11.8. The molecule has 3 heteroatoms. The first-order valence-electron chi connectivity index (χ1n) is 6.74. The van der Waals surface area contributed by atoms with Gasteiger partial charge in [-0.25, -0.2) is 0 Å². The second-order valence-electron chi connectivity index (χ2n) is 4.92. The Morgan fingerprint density at radius 1 is 1.50 bits per heavy atom. The lowest BCUT2D eigenvalue weighted by Gasteiger charge is -2.30. The summed E-state index contributed by atoms with van der Waals surface area (Å²) < 4.78 is 5.17. The summed E-state index contributed by atoms with van der Waals surface area (Å²) in [5, 5.41) is 3.65. The summed E-state index contributed by atoms with van der Waals surface area (Å²) in [5.41, 5.74) is 0. The Labute approximate surface area is 101 Å². The molecule has 0 radical (unpaired) electrons. The van der Waals surface area contributed by atoms with E-state index in [1.165, 1.54) is 38.9 Å². The molecule has 0 amide bonds. The van der Waals surface area contributed by atoms with Crippen molar-refractivity contribution in [3.63, 3.8) is 0 Å². The van der Waals surface area contributed by atoms with Crippen molar-refractivity contribution in [3.8, 4) is 0 Å². The van der Waals surface area contributed by atoms with E-state index in [2.05, 4.69) is 24.1 Å². The zero-order valence-electron chi connectivity index (χ0n) is 11.2. The Morgan fingerprint density at radius 3 is 3.00 bits per heavy atom. The summed E-state index contributed by atoms with van der Waals surface area (Å²) >= 11 is 0. The Hall–Kier alpha value is -0.120. The predicted octanol–water partition coefficient (Wildman–Crippen LogP) is 1.88. The third-order valence-corrected chi connectivity index (χ3v) is 3.51. The van der Waals surface area contributed by atoms with Crippen molar-refractivity contribution in [1.82, 2.24) is 10.2 Å². The molecule has 2 atom stereocenters. The van der Waals surface area contributed by atoms with Crippen LogP contribution in [-0.4, -0.2) is 50.3 Å². The van der Waals surface area contributed by atoms with Crippen LogP contribution in [-0.2, 0) is 4.74 Å². The Morgan fingerprint density at radius 2 is 2.31 bits per heavy atom. The largest absolute Gasteiger partial charge is 0.385 e. The lowest BCUT2D eigenvalue weighted by molar-refractivity contribution is 0.135. The van der Waals surface area contributed by atoms with Crippen molar-refractivity contribution in [2.45, 2.75) is 51.6 Å². The highest BCUT2D eigenvalue weighted by molar-refractivity contribution is 4.79. The number of rotatable bonds is 6. The second kappa shape index (κ2) is 8.04. The minimum atomic E-state index is 0.652. The van der Waals surface area contributed by atoms with E-state index in [1.54, 1.807) is 7.11 Å². The van der Waals surface area contributed by atoms with E-state index in [0.717, 1.165) is 13.0 Å². The third-order valence-electron chi connectivity index (χ3n) is 3.51. The number of hydrogen-bond donors (Lipinski definition) is 1. The minimum absolute atomic E-state index is 0.652. The van der Waals surface area contributed by atoms with Gasteiger partial charge in [-0.1, -0.05) is 13.3 Å². The van der Waals surface area contributed by atoms with Crippen molar-refractivity contribution in [3.05, 3.63) is 0 Å². The molecule has 0 aromatic heterocycles. The second-order valence-corrected chi connectivity index (χ2v) is 4.92. The number of methoxy groups -OCH3 is 1. The summed E-state index contributed by atoms with van der Waals surface area (Å²) in [6, 6.07) is 1.34. The molecule has 0 saturated carbocycles. The van der Waals surface area contributed by atoms with Crippen LogP contribution < -0.4 is 5.32 Å². The maximum atomic E-state index is 5.17. The van der Waals surface area contributed by atoms with Crippen LogP contribution in [0.15, 0.2) is 0 Å². The average molecular weight is 228 g/mol. The van der Waals surface area contributed by atoms with E-state index in [9.17, 15) is 0 Å². The Kier molecular flexibility index (Phi) is 7.01. The molecular weight excluding hydrogens is 200 g/mol. The number of nitrogens with one attached hydrogen (secondary N) is 1. The molecule has 16 heavy (non-hydrogen) atoms. The van der Waals surface area contributed by atoms with Crippen LogP contribution in [0.25, 0.3) is 0 Å². The van der Waals surface area contributed by atoms with Crippen LogP contribution in [0.4, 0.5) is 0 Å². The third kappa shape index (κ3) is 4.81. The molecular formula is C13H28N2O. The Bertz CT molecular complexity index is 175. The van der Waals surface area contributed by atoms with Crippen LogP contribution in [0.2, 0.25) is 0 Å². The lowest BCUT2D eigenvalue weighted by atomic mass is 10.1. The molecule has 0 spiro atoms. The van der Waals surface area contributed by atoms with Gasteiger partial charge in [-0.05, 0) is 39.3 Å². The number of hydrogen-bond acceptors (Lipinski definition) is 3. The first-order chi connectivity index (χ1) is 7.77. The summed E-state index contributed by atoms with van der Waals surface area (Å²) in [6.45, 7) is 9.09. The minimum Gasteiger partial charge on any atom is -0.385 e. The van der Waals surface area contributed by atoms with Crippen molar-refractivity contribution in [2.75, 3.05) is 33.4 Å². The van der Waals surface area contributed by atoms with E-state index in [4.69, 9.17) is 4.74 Å². The van der Waals surface area contributed by atoms with Gasteiger partial charge < -0.3 is 10.1 Å². The molecule has 0 aliphatic carbocycles. The number of nitrogens with zero attached hydrogens (tertiary/aromatic N) is 1. The molecule has 1 rings (SSSR count). The first kappa shape index (κ1) is 13.9. The molecule has 0 bridgehead atoms. The zero-order valence-corrected chi connectivity index (χ0v) is 11.2. The highest BCUT2D eigenvalue weighted by atomic mass is 16.5. The summed E-state index contributed by atoms with van der Waals surface area (Å²) in [6.07, 6.45) is 5.00. The van der Waals surface area contributed by atoms with Gasteiger partial charge in [0.05, 0.1) is 0 Å². The van der Waals surface area contributed by atoms with Crippen LogP contribution in [0, 0.1) is 0 Å². The monoisotopic (exact) mass is 228 g/mol. The fourth-order valence-corrected chi connectivity index (χ4v) is 2.44. The molecule has 1 fully saturated rings. The maximum Gasteiger partial charge on any atom is 0.0477 e. The molecule has 96 valence electrons. The van der Waals surface area contributed by atoms with E-state index >= 15 is 0 Å². The lowest BCUT2D eigenvalue weighted by Crippen LogP contribution is -2.42. The topological polar surface area (TPSA) is 24.5 Å². The smallest absolute Gasteiger partial charge is 0.0477 e. The van der Waals surface area contributed by atoms with E-state index < -0.39 is 0 Å². The molecule has 3 nitrogen and oxygen atoms in total. The standard InChI is InChI=1S/C13H28N2O/c1-4-6-13-11-15(9-5-8-14-13)12(2)7-10-16-3/h12-14H,4-11H2,1-3H3. The van der Waals surface area contributed by atoms with Crippen LogP contribution in [0.5, 0.6) is 0 Å². The predicted molar refractivity (Wildman–Crippen MR) is 68.8 cm³/mol.